The van der Waals surface area contributed by atoms with Crippen molar-refractivity contribution in [1.82, 2.24) is 0 Å². The van der Waals surface area contributed by atoms with Gasteiger partial charge in [-0.2, -0.15) is 0 Å². The van der Waals surface area contributed by atoms with Crippen LogP contribution in [0, 0.1) is 35.5 Å². The minimum atomic E-state index is -2.14. The molecule has 0 saturated heterocycles. The van der Waals surface area contributed by atoms with Gasteiger partial charge in [0.25, 0.3) is 0 Å². The van der Waals surface area contributed by atoms with Crippen LogP contribution in [0.2, 0.25) is 0 Å². The molecule has 0 aliphatic carbocycles. The van der Waals surface area contributed by atoms with Gasteiger partial charge in [0.05, 0.1) is 0 Å². The van der Waals surface area contributed by atoms with Crippen LogP contribution in [0.4, 0.5) is 0 Å². The van der Waals surface area contributed by atoms with Gasteiger partial charge in [0.1, 0.15) is 17.2 Å². The highest BCUT2D eigenvalue weighted by molar-refractivity contribution is 7.43. The van der Waals surface area contributed by atoms with Crippen LogP contribution in [0.5, 0.6) is 17.2 Å². The highest BCUT2D eigenvalue weighted by Crippen LogP contribution is 2.53. The minimum Gasteiger partial charge on any atom is -0.409 e. The largest absolute Gasteiger partial charge is 0.530 e. The Morgan fingerprint density at radius 2 is 0.696 bits per heavy atom. The average Bonchev–Trinajstić information content (AvgIpc) is 3.24. The molecule has 0 amide bonds. The molecular formula is C64H93O4P. The van der Waals surface area contributed by atoms with Crippen molar-refractivity contribution >= 4 is 35.9 Å². The molecule has 0 atom stereocenters. The second kappa shape index (κ2) is 20.0. The zero-order valence-electron chi connectivity index (χ0n) is 48.0. The van der Waals surface area contributed by atoms with Crippen LogP contribution in [0.15, 0.2) is 72.8 Å². The molecular weight excluding hydrogens is 864 g/mol. The number of fused-ring (bicyclic) bond motifs is 2. The number of rotatable bonds is 19. The Bertz CT molecular complexity index is 2480. The Kier molecular flexibility index (Phi) is 16.2. The Hall–Kier alpha value is -3.88. The maximum absolute atomic E-state index is 12.5. The molecule has 0 fully saturated rings. The zero-order valence-corrected chi connectivity index (χ0v) is 48.9. The van der Waals surface area contributed by atoms with Crippen LogP contribution in [0.1, 0.15) is 217 Å². The van der Waals surface area contributed by atoms with E-state index in [-0.39, 0.29) is 38.3 Å². The van der Waals surface area contributed by atoms with Crippen LogP contribution >= 0.6 is 8.60 Å². The summed E-state index contributed by atoms with van der Waals surface area (Å²) in [4.78, 5) is 12.5. The normalized spacial score (nSPS) is 13.7. The number of carbonyl (C=O) groups excluding carboxylic acids is 1. The third-order valence-corrected chi connectivity index (χ3v) is 19.9. The molecule has 0 radical (unpaired) electrons. The average molecular weight is 957 g/mol. The molecule has 0 N–H and O–H groups in total. The molecule has 5 aromatic rings. The highest BCUT2D eigenvalue weighted by atomic mass is 31.2. The second-order valence-electron chi connectivity index (χ2n) is 26.0. The molecule has 69 heavy (non-hydrogen) atoms. The van der Waals surface area contributed by atoms with Crippen molar-refractivity contribution in [3.63, 3.8) is 0 Å². The third kappa shape index (κ3) is 11.0. The summed E-state index contributed by atoms with van der Waals surface area (Å²) in [5, 5.41) is 4.82. The molecule has 0 aliphatic rings. The summed E-state index contributed by atoms with van der Waals surface area (Å²) in [6.07, 6.45) is 0. The van der Waals surface area contributed by atoms with E-state index in [4.69, 9.17) is 13.6 Å². The molecule has 0 saturated carbocycles. The first-order valence-corrected chi connectivity index (χ1v) is 27.3. The molecule has 5 aromatic carbocycles. The fourth-order valence-corrected chi connectivity index (χ4v) is 9.74. The fraction of sp³-hybridized carbons (Fsp3) is 0.578. The second-order valence-corrected chi connectivity index (χ2v) is 27.0. The van der Waals surface area contributed by atoms with Gasteiger partial charge in [-0.1, -0.05) is 190 Å². The lowest BCUT2D eigenvalue weighted by Gasteiger charge is -2.37. The minimum absolute atomic E-state index is 0.00453. The third-order valence-electron chi connectivity index (χ3n) is 18.8. The van der Waals surface area contributed by atoms with Gasteiger partial charge in [-0.05, 0) is 167 Å². The summed E-state index contributed by atoms with van der Waals surface area (Å²) >= 11 is 0. The van der Waals surface area contributed by atoms with Crippen LogP contribution < -0.4 is 13.6 Å². The summed E-state index contributed by atoms with van der Waals surface area (Å²) in [7, 11) is -2.14. The number of benzene rings is 5. The number of hydrogen-bond donors (Lipinski definition) is 0. The van der Waals surface area contributed by atoms with Gasteiger partial charge in [0.15, 0.2) is 5.78 Å². The van der Waals surface area contributed by atoms with E-state index in [0.29, 0.717) is 46.8 Å². The Labute approximate surface area is 422 Å². The maximum atomic E-state index is 12.5. The van der Waals surface area contributed by atoms with E-state index in [1.54, 1.807) is 6.92 Å². The summed E-state index contributed by atoms with van der Waals surface area (Å²) in [5.74, 6) is 4.34. The molecule has 0 aliphatic heterocycles. The van der Waals surface area contributed by atoms with Gasteiger partial charge >= 0.3 is 8.60 Å². The lowest BCUT2D eigenvalue weighted by Crippen LogP contribution is -2.29. The van der Waals surface area contributed by atoms with Crippen molar-refractivity contribution in [1.29, 1.82) is 0 Å². The van der Waals surface area contributed by atoms with Gasteiger partial charge in [-0.25, -0.2) is 0 Å². The smallest absolute Gasteiger partial charge is 0.409 e. The van der Waals surface area contributed by atoms with Crippen LogP contribution in [0.3, 0.4) is 0 Å². The van der Waals surface area contributed by atoms with E-state index in [9.17, 15) is 4.79 Å². The predicted molar refractivity (Wildman–Crippen MR) is 300 cm³/mol. The van der Waals surface area contributed by atoms with E-state index < -0.39 is 8.60 Å². The lowest BCUT2D eigenvalue weighted by atomic mass is 9.68. The van der Waals surface area contributed by atoms with Crippen LogP contribution in [0.25, 0.3) is 21.5 Å². The van der Waals surface area contributed by atoms with Crippen molar-refractivity contribution in [2.75, 3.05) is 0 Å². The maximum Gasteiger partial charge on any atom is 0.530 e. The molecule has 4 nitrogen and oxygen atoms in total. The van der Waals surface area contributed by atoms with Crippen molar-refractivity contribution in [3.8, 4) is 17.2 Å². The first-order valence-electron chi connectivity index (χ1n) is 26.2. The van der Waals surface area contributed by atoms with E-state index in [1.807, 2.05) is 24.3 Å². The lowest BCUT2D eigenvalue weighted by molar-refractivity contribution is 0.101. The predicted octanol–water partition coefficient (Wildman–Crippen LogP) is 19.6. The van der Waals surface area contributed by atoms with Gasteiger partial charge in [0.2, 0.25) is 0 Å². The number of carbonyl (C=O) groups is 1. The van der Waals surface area contributed by atoms with Crippen molar-refractivity contribution in [2.24, 2.45) is 35.5 Å². The van der Waals surface area contributed by atoms with E-state index in [0.717, 1.165) is 22.6 Å². The van der Waals surface area contributed by atoms with Crippen molar-refractivity contribution < 1.29 is 18.4 Å². The summed E-state index contributed by atoms with van der Waals surface area (Å²) in [6, 6.07) is 26.6. The molecule has 0 unspecified atom stereocenters. The van der Waals surface area contributed by atoms with Crippen molar-refractivity contribution in [3.05, 3.63) is 112 Å². The van der Waals surface area contributed by atoms with Crippen molar-refractivity contribution in [2.45, 2.75) is 206 Å². The molecule has 0 heterocycles. The Morgan fingerprint density at radius 1 is 0.391 bits per heavy atom. The molecule has 5 rings (SSSR count). The first kappa shape index (κ1) is 56.0. The quantitative estimate of drug-likeness (QED) is 0.0611. The molecule has 0 bridgehead atoms. The summed E-state index contributed by atoms with van der Waals surface area (Å²) < 4.78 is 21.9. The molecule has 378 valence electrons. The zero-order chi connectivity index (χ0) is 52.3. The number of ketones is 1. The molecule has 5 heteroatoms. The number of hydrogen-bond acceptors (Lipinski definition) is 4. The van der Waals surface area contributed by atoms with E-state index in [2.05, 4.69) is 215 Å². The van der Waals surface area contributed by atoms with Gasteiger partial charge < -0.3 is 13.6 Å². The topological polar surface area (TPSA) is 44.8 Å². The van der Waals surface area contributed by atoms with Gasteiger partial charge in [-0.15, -0.1) is 0 Å². The monoisotopic (exact) mass is 957 g/mol. The van der Waals surface area contributed by atoms with E-state index in [1.165, 1.54) is 43.8 Å². The summed E-state index contributed by atoms with van der Waals surface area (Å²) in [5.41, 5.74) is 7.29. The first-order chi connectivity index (χ1) is 31.5. The highest BCUT2D eigenvalue weighted by Gasteiger charge is 2.38. The van der Waals surface area contributed by atoms with Gasteiger partial charge in [-0.3, -0.25) is 4.79 Å². The standard InChI is InChI=1S/C64H93O4P/c1-38(2)59(14,15)48-30-46-32-55(63(22,23)42(9)10)57(36-51(46)53(34-48)61(18,19)40(5)6)67-69(66-50-28-26-45(27-29-50)44(13)65)68-58-37-52-47(33-56(58)64(24,25)43(11)12)31-49(60(16,17)39(3)4)35-54(52)62(20,21)41(7)8/h26-43H,1-25H3. The summed E-state index contributed by atoms with van der Waals surface area (Å²) in [6.45, 7) is 57.8. The van der Waals surface area contributed by atoms with Crippen LogP contribution in [-0.4, -0.2) is 5.78 Å². The van der Waals surface area contributed by atoms with Crippen LogP contribution in [-0.2, 0) is 32.5 Å². The fourth-order valence-electron chi connectivity index (χ4n) is 8.72. The SMILES string of the molecule is CC(=O)c1ccc(OP(Oc2cc3c(C(C)(C)C(C)C)cc(C(C)(C)C(C)C)cc3cc2C(C)(C)C(C)C)Oc2cc3c(C(C)(C)C(C)C)cc(C(C)(C)C(C)C)cc3cc2C(C)(C)C(C)C)cc1. The number of Topliss-reactive ketones (excluding diaryl/α,β-unsaturated/α-hetero) is 1. The molecule has 0 aromatic heterocycles. The molecule has 0 spiro atoms. The van der Waals surface area contributed by atoms with Gasteiger partial charge in [0, 0.05) is 16.7 Å². The van der Waals surface area contributed by atoms with E-state index >= 15 is 0 Å². The Morgan fingerprint density at radius 3 is 0.986 bits per heavy atom. The Balaban J connectivity index is 1.90.